The summed E-state index contributed by atoms with van der Waals surface area (Å²) in [5, 5.41) is 18.4. The number of hydrogen-bond acceptors (Lipinski definition) is 5. The van der Waals surface area contributed by atoms with Crippen LogP contribution in [-0.2, 0) is 0 Å². The van der Waals surface area contributed by atoms with Gasteiger partial charge in [-0.05, 0) is 83.9 Å². The van der Waals surface area contributed by atoms with E-state index in [1.165, 1.54) is 12.1 Å². The lowest BCUT2D eigenvalue weighted by Gasteiger charge is -2.13. The Labute approximate surface area is 196 Å². The Hall–Kier alpha value is -4.58. The Morgan fingerprint density at radius 2 is 1.09 bits per heavy atom. The third-order valence-corrected chi connectivity index (χ3v) is 5.41. The highest BCUT2D eigenvalue weighted by Gasteiger charge is 2.12. The molecule has 4 aromatic carbocycles. The molecule has 2 N–H and O–H groups in total. The number of carbonyl (C=O) groups excluding carboxylic acids is 1. The maximum Gasteiger partial charge on any atom is 0.343 e. The van der Waals surface area contributed by atoms with Gasteiger partial charge in [-0.15, -0.1) is 0 Å². The molecule has 0 amide bonds. The Balaban J connectivity index is 1.37. The van der Waals surface area contributed by atoms with Crippen LogP contribution in [-0.4, -0.2) is 22.2 Å². The quantitative estimate of drug-likeness (QED) is 0.253. The standard InChI is InChI=1S/C28H22O6/c1-18(19-2-4-21(5-3-19)27(30)31)20-6-12-26(13-7-20)34-28(32)22-8-14-24(15-9-22)33-25-16-10-23(29)11-17-25/h2-18,29H,1H3,(H,30,31). The third-order valence-electron chi connectivity index (χ3n) is 5.41. The monoisotopic (exact) mass is 454 g/mol. The van der Waals surface area contributed by atoms with Crippen molar-refractivity contribution in [3.8, 4) is 23.0 Å². The fourth-order valence-electron chi connectivity index (χ4n) is 3.41. The van der Waals surface area contributed by atoms with E-state index in [9.17, 15) is 14.7 Å². The minimum absolute atomic E-state index is 0.0497. The van der Waals surface area contributed by atoms with Crippen LogP contribution in [0.5, 0.6) is 23.0 Å². The van der Waals surface area contributed by atoms with Crippen molar-refractivity contribution in [2.75, 3.05) is 0 Å². The first kappa shape index (κ1) is 22.6. The molecule has 0 radical (unpaired) electrons. The molecule has 0 bridgehead atoms. The zero-order chi connectivity index (χ0) is 24.1. The van der Waals surface area contributed by atoms with Crippen LogP contribution in [0, 0.1) is 0 Å². The van der Waals surface area contributed by atoms with Crippen LogP contribution >= 0.6 is 0 Å². The van der Waals surface area contributed by atoms with E-state index in [0.717, 1.165) is 11.1 Å². The van der Waals surface area contributed by atoms with Gasteiger partial charge < -0.3 is 19.7 Å². The molecule has 0 saturated heterocycles. The van der Waals surface area contributed by atoms with Gasteiger partial charge in [0.05, 0.1) is 11.1 Å². The van der Waals surface area contributed by atoms with Gasteiger partial charge in [0.2, 0.25) is 0 Å². The van der Waals surface area contributed by atoms with Crippen LogP contribution < -0.4 is 9.47 Å². The highest BCUT2D eigenvalue weighted by Crippen LogP contribution is 2.27. The van der Waals surface area contributed by atoms with Gasteiger partial charge in [-0.1, -0.05) is 31.2 Å². The second-order valence-corrected chi connectivity index (χ2v) is 7.73. The molecule has 0 aliphatic heterocycles. The van der Waals surface area contributed by atoms with Gasteiger partial charge >= 0.3 is 11.9 Å². The van der Waals surface area contributed by atoms with Gasteiger partial charge in [0.1, 0.15) is 23.0 Å². The molecule has 1 unspecified atom stereocenters. The maximum atomic E-state index is 12.5. The van der Waals surface area contributed by atoms with Crippen LogP contribution in [0.25, 0.3) is 0 Å². The van der Waals surface area contributed by atoms with Crippen LogP contribution in [0.15, 0.2) is 97.1 Å². The van der Waals surface area contributed by atoms with E-state index >= 15 is 0 Å². The Kier molecular flexibility index (Phi) is 6.59. The topological polar surface area (TPSA) is 93.1 Å². The molecular formula is C28H22O6. The van der Waals surface area contributed by atoms with E-state index in [1.54, 1.807) is 72.8 Å². The fourth-order valence-corrected chi connectivity index (χ4v) is 3.41. The van der Waals surface area contributed by atoms with Crippen LogP contribution in [0.3, 0.4) is 0 Å². The molecule has 34 heavy (non-hydrogen) atoms. The normalized spacial score (nSPS) is 11.4. The Morgan fingerprint density at radius 1 is 0.647 bits per heavy atom. The molecule has 0 heterocycles. The van der Waals surface area contributed by atoms with E-state index in [-0.39, 0.29) is 17.2 Å². The van der Waals surface area contributed by atoms with Gasteiger partial charge in [0, 0.05) is 5.92 Å². The number of aromatic hydroxyl groups is 1. The van der Waals surface area contributed by atoms with E-state index in [0.29, 0.717) is 22.8 Å². The fraction of sp³-hybridized carbons (Fsp3) is 0.0714. The molecule has 4 aromatic rings. The third kappa shape index (κ3) is 5.42. The largest absolute Gasteiger partial charge is 0.508 e. The number of carboxylic acid groups (broad SMARTS) is 1. The van der Waals surface area contributed by atoms with Crippen LogP contribution in [0.4, 0.5) is 0 Å². The average Bonchev–Trinajstić information content (AvgIpc) is 2.86. The molecule has 1 atom stereocenters. The Bertz CT molecular complexity index is 1280. The molecule has 0 fully saturated rings. The molecule has 0 aliphatic carbocycles. The van der Waals surface area contributed by atoms with E-state index in [4.69, 9.17) is 14.6 Å². The predicted molar refractivity (Wildman–Crippen MR) is 127 cm³/mol. The molecule has 0 spiro atoms. The van der Waals surface area contributed by atoms with Crippen LogP contribution in [0.2, 0.25) is 0 Å². The lowest BCUT2D eigenvalue weighted by Crippen LogP contribution is -2.08. The number of benzene rings is 4. The molecule has 6 heteroatoms. The number of phenolic OH excluding ortho intramolecular Hbond substituents is 1. The van der Waals surface area contributed by atoms with Crippen molar-refractivity contribution in [1.29, 1.82) is 0 Å². The number of phenols is 1. The summed E-state index contributed by atoms with van der Waals surface area (Å²) in [4.78, 5) is 23.5. The smallest absolute Gasteiger partial charge is 0.343 e. The van der Waals surface area contributed by atoms with Crippen LogP contribution in [0.1, 0.15) is 44.7 Å². The molecule has 0 aliphatic rings. The molecule has 0 aromatic heterocycles. The minimum atomic E-state index is -0.954. The average molecular weight is 454 g/mol. The SMILES string of the molecule is CC(c1ccc(OC(=O)c2ccc(Oc3ccc(O)cc3)cc2)cc1)c1ccc(C(=O)O)cc1. The van der Waals surface area contributed by atoms with Crippen molar-refractivity contribution >= 4 is 11.9 Å². The number of rotatable bonds is 7. The predicted octanol–water partition coefficient (Wildman–Crippen LogP) is 6.25. The summed E-state index contributed by atoms with van der Waals surface area (Å²) in [6.07, 6.45) is 0. The van der Waals surface area contributed by atoms with Crippen molar-refractivity contribution in [1.82, 2.24) is 0 Å². The number of aromatic carboxylic acids is 1. The zero-order valence-electron chi connectivity index (χ0n) is 18.3. The van der Waals surface area contributed by atoms with Crippen molar-refractivity contribution in [3.05, 3.63) is 119 Å². The maximum absolute atomic E-state index is 12.5. The summed E-state index contributed by atoms with van der Waals surface area (Å²) < 4.78 is 11.2. The summed E-state index contributed by atoms with van der Waals surface area (Å²) in [6.45, 7) is 2.03. The first-order valence-corrected chi connectivity index (χ1v) is 10.6. The van der Waals surface area contributed by atoms with Gasteiger partial charge in [-0.2, -0.15) is 0 Å². The number of hydrogen-bond donors (Lipinski definition) is 2. The van der Waals surface area contributed by atoms with Crippen molar-refractivity contribution in [2.24, 2.45) is 0 Å². The Morgan fingerprint density at radius 3 is 1.62 bits per heavy atom. The highest BCUT2D eigenvalue weighted by molar-refractivity contribution is 5.91. The van der Waals surface area contributed by atoms with Crippen molar-refractivity contribution in [2.45, 2.75) is 12.8 Å². The van der Waals surface area contributed by atoms with Gasteiger partial charge in [0.25, 0.3) is 0 Å². The first-order valence-electron chi connectivity index (χ1n) is 10.6. The van der Waals surface area contributed by atoms with Gasteiger partial charge in [0.15, 0.2) is 0 Å². The molecular weight excluding hydrogens is 432 g/mol. The second kappa shape index (κ2) is 9.92. The molecule has 0 saturated carbocycles. The van der Waals surface area contributed by atoms with Gasteiger partial charge in [-0.3, -0.25) is 0 Å². The lowest BCUT2D eigenvalue weighted by atomic mass is 9.92. The number of carboxylic acids is 1. The summed E-state index contributed by atoms with van der Waals surface area (Å²) in [5.41, 5.74) is 2.63. The van der Waals surface area contributed by atoms with E-state index in [2.05, 4.69) is 0 Å². The summed E-state index contributed by atoms with van der Waals surface area (Å²) in [5.74, 6) is 0.311. The summed E-state index contributed by atoms with van der Waals surface area (Å²) in [6, 6.07) is 26.9. The van der Waals surface area contributed by atoms with E-state index < -0.39 is 11.9 Å². The lowest BCUT2D eigenvalue weighted by molar-refractivity contribution is 0.0694. The number of ether oxygens (including phenoxy) is 2. The van der Waals surface area contributed by atoms with Crippen molar-refractivity contribution < 1.29 is 29.3 Å². The van der Waals surface area contributed by atoms with Crippen molar-refractivity contribution in [3.63, 3.8) is 0 Å². The number of esters is 1. The summed E-state index contributed by atoms with van der Waals surface area (Å²) >= 11 is 0. The zero-order valence-corrected chi connectivity index (χ0v) is 18.3. The molecule has 170 valence electrons. The summed E-state index contributed by atoms with van der Waals surface area (Å²) in [7, 11) is 0. The van der Waals surface area contributed by atoms with Gasteiger partial charge in [-0.25, -0.2) is 9.59 Å². The number of carbonyl (C=O) groups is 2. The molecule has 6 nitrogen and oxygen atoms in total. The second-order valence-electron chi connectivity index (χ2n) is 7.73. The molecule has 4 rings (SSSR count). The highest BCUT2D eigenvalue weighted by atomic mass is 16.5. The first-order chi connectivity index (χ1) is 16.4. The van der Waals surface area contributed by atoms with E-state index in [1.807, 2.05) is 19.1 Å². The minimum Gasteiger partial charge on any atom is -0.508 e.